The molecule has 5 fully saturated rings. The summed E-state index contributed by atoms with van der Waals surface area (Å²) in [6.45, 7) is 13.5. The van der Waals surface area contributed by atoms with E-state index in [4.69, 9.17) is 0 Å². The number of hydrogen-bond donors (Lipinski definition) is 0. The molecule has 11 atom stereocenters. The lowest BCUT2D eigenvalue weighted by molar-refractivity contribution is 0.108. The van der Waals surface area contributed by atoms with Crippen molar-refractivity contribution >= 4 is 8.07 Å². The molecule has 172 valence electrons. The Morgan fingerprint density at radius 3 is 2.07 bits per heavy atom. The maximum atomic E-state index is 2.91. The van der Waals surface area contributed by atoms with Crippen molar-refractivity contribution in [3.63, 3.8) is 0 Å². The average molecular weight is 429 g/mol. The molecule has 0 spiro atoms. The summed E-state index contributed by atoms with van der Waals surface area (Å²) in [5, 5.41) is 0. The normalized spacial score (nSPS) is 49.5. The van der Waals surface area contributed by atoms with Crippen LogP contribution in [0.15, 0.2) is 0 Å². The molecule has 0 heterocycles. The fraction of sp³-hybridized carbons (Fsp3) is 1.00. The average Bonchev–Trinajstić information content (AvgIpc) is 3.42. The number of rotatable bonds is 5. The van der Waals surface area contributed by atoms with Gasteiger partial charge in [-0.1, -0.05) is 85.2 Å². The molecule has 0 nitrogen and oxygen atoms in total. The minimum atomic E-state index is -1.25. The highest BCUT2D eigenvalue weighted by Gasteiger charge is 2.59. The fourth-order valence-corrected chi connectivity index (χ4v) is 16.2. The van der Waals surface area contributed by atoms with Gasteiger partial charge in [0.15, 0.2) is 0 Å². The van der Waals surface area contributed by atoms with Gasteiger partial charge in [-0.3, -0.25) is 0 Å². The molecule has 30 heavy (non-hydrogen) atoms. The molecule has 0 saturated heterocycles. The van der Waals surface area contributed by atoms with Crippen molar-refractivity contribution < 1.29 is 0 Å². The van der Waals surface area contributed by atoms with Crippen LogP contribution in [-0.4, -0.2) is 8.07 Å². The highest BCUT2D eigenvalue weighted by molar-refractivity contribution is 6.80. The van der Waals surface area contributed by atoms with E-state index in [1.165, 1.54) is 19.3 Å². The molecule has 1 heteroatoms. The molecule has 0 amide bonds. The Hall–Kier alpha value is 0.217. The minimum Gasteiger partial charge on any atom is -0.0689 e. The van der Waals surface area contributed by atoms with Crippen LogP contribution in [0.2, 0.25) is 24.2 Å². The van der Waals surface area contributed by atoms with Crippen LogP contribution < -0.4 is 0 Å². The molecule has 0 aromatic carbocycles. The zero-order valence-corrected chi connectivity index (χ0v) is 22.0. The van der Waals surface area contributed by atoms with Crippen molar-refractivity contribution in [1.29, 1.82) is 0 Å². The van der Waals surface area contributed by atoms with Crippen LogP contribution in [0.5, 0.6) is 0 Å². The molecule has 11 unspecified atom stereocenters. The molecule has 5 saturated carbocycles. The summed E-state index contributed by atoms with van der Waals surface area (Å²) in [5.41, 5.74) is 2.32. The second-order valence-electron chi connectivity index (χ2n) is 13.8. The van der Waals surface area contributed by atoms with E-state index in [1.807, 2.05) is 0 Å². The van der Waals surface area contributed by atoms with Gasteiger partial charge in [-0.15, -0.1) is 0 Å². The highest BCUT2D eigenvalue weighted by Crippen LogP contribution is 2.66. The van der Waals surface area contributed by atoms with Crippen LogP contribution in [0.1, 0.15) is 104 Å². The van der Waals surface area contributed by atoms with Crippen LogP contribution in [0.3, 0.4) is 0 Å². The summed E-state index contributed by atoms with van der Waals surface area (Å²) >= 11 is 0. The molecule has 0 aliphatic heterocycles. The zero-order chi connectivity index (χ0) is 21.0. The quantitative estimate of drug-likeness (QED) is 0.383. The molecule has 0 radical (unpaired) electrons. The standard InChI is InChI=1S/C29H52Si/c1-6-10-19(2)25-18-29(27-17-22-12-9-11-21(22)16-26(25)27)30(4,5)28-15-20(3)23-13-7-8-14-24(23)28/h19-29H,6-18H2,1-5H3. The van der Waals surface area contributed by atoms with Gasteiger partial charge < -0.3 is 0 Å². The first-order chi connectivity index (χ1) is 14.4. The van der Waals surface area contributed by atoms with Gasteiger partial charge in [-0.05, 0) is 96.4 Å². The summed E-state index contributed by atoms with van der Waals surface area (Å²) in [6, 6.07) is 0. The van der Waals surface area contributed by atoms with Crippen molar-refractivity contribution in [2.24, 2.45) is 53.3 Å². The van der Waals surface area contributed by atoms with E-state index >= 15 is 0 Å². The van der Waals surface area contributed by atoms with Gasteiger partial charge in [0.05, 0.1) is 8.07 Å². The van der Waals surface area contributed by atoms with Crippen LogP contribution >= 0.6 is 0 Å². The summed E-state index contributed by atoms with van der Waals surface area (Å²) in [5.74, 6) is 9.83. The highest BCUT2D eigenvalue weighted by atomic mass is 28.3. The smallest absolute Gasteiger partial charge is 0.0541 e. The maximum Gasteiger partial charge on any atom is 0.0541 e. The van der Waals surface area contributed by atoms with Crippen molar-refractivity contribution in [3.05, 3.63) is 0 Å². The van der Waals surface area contributed by atoms with E-state index in [1.54, 1.807) is 64.2 Å². The molecule has 0 aromatic rings. The molecule has 0 aromatic heterocycles. The lowest BCUT2D eigenvalue weighted by Gasteiger charge is -2.46. The van der Waals surface area contributed by atoms with Crippen LogP contribution in [0, 0.1) is 53.3 Å². The third-order valence-corrected chi connectivity index (χ3v) is 17.4. The van der Waals surface area contributed by atoms with Gasteiger partial charge in [0.2, 0.25) is 0 Å². The third kappa shape index (κ3) is 3.60. The molecule has 5 aliphatic rings. The van der Waals surface area contributed by atoms with E-state index in [0.717, 1.165) is 64.3 Å². The van der Waals surface area contributed by atoms with Gasteiger partial charge in [-0.25, -0.2) is 0 Å². The summed E-state index contributed by atoms with van der Waals surface area (Å²) in [6.07, 6.45) is 20.4. The summed E-state index contributed by atoms with van der Waals surface area (Å²) in [4.78, 5) is 0. The van der Waals surface area contributed by atoms with Crippen molar-refractivity contribution in [1.82, 2.24) is 0 Å². The van der Waals surface area contributed by atoms with Crippen molar-refractivity contribution in [3.8, 4) is 0 Å². The van der Waals surface area contributed by atoms with E-state index < -0.39 is 8.07 Å². The second-order valence-corrected chi connectivity index (χ2v) is 18.9. The van der Waals surface area contributed by atoms with E-state index in [-0.39, 0.29) is 0 Å². The van der Waals surface area contributed by atoms with Gasteiger partial charge in [-0.2, -0.15) is 0 Å². The Bertz CT molecular complexity index is 595. The Morgan fingerprint density at radius 1 is 0.733 bits per heavy atom. The second kappa shape index (κ2) is 8.53. The molecule has 5 rings (SSSR count). The Labute approximate surface area is 189 Å². The molecule has 0 N–H and O–H groups in total. The lowest BCUT2D eigenvalue weighted by Crippen LogP contribution is -2.44. The molecular weight excluding hydrogens is 376 g/mol. The minimum absolute atomic E-state index is 0.986. The fourth-order valence-electron chi connectivity index (χ4n) is 10.8. The summed E-state index contributed by atoms with van der Waals surface area (Å²) in [7, 11) is -1.25. The van der Waals surface area contributed by atoms with Gasteiger partial charge in [0.1, 0.15) is 0 Å². The predicted octanol–water partition coefficient (Wildman–Crippen LogP) is 9.18. The van der Waals surface area contributed by atoms with Crippen LogP contribution in [0.25, 0.3) is 0 Å². The molecule has 0 bridgehead atoms. The van der Waals surface area contributed by atoms with Crippen LogP contribution in [0.4, 0.5) is 0 Å². The third-order valence-electron chi connectivity index (χ3n) is 12.2. The van der Waals surface area contributed by atoms with E-state index in [9.17, 15) is 0 Å². The van der Waals surface area contributed by atoms with Crippen molar-refractivity contribution in [2.75, 3.05) is 0 Å². The van der Waals surface area contributed by atoms with Crippen molar-refractivity contribution in [2.45, 2.75) is 128 Å². The Balaban J connectivity index is 1.41. The first-order valence-corrected chi connectivity index (χ1v) is 17.6. The van der Waals surface area contributed by atoms with E-state index in [0.29, 0.717) is 0 Å². The van der Waals surface area contributed by atoms with Gasteiger partial charge >= 0.3 is 0 Å². The number of fused-ring (bicyclic) bond motifs is 3. The van der Waals surface area contributed by atoms with Gasteiger partial charge in [0.25, 0.3) is 0 Å². The van der Waals surface area contributed by atoms with Crippen LogP contribution in [-0.2, 0) is 0 Å². The Morgan fingerprint density at radius 2 is 1.37 bits per heavy atom. The first kappa shape index (κ1) is 22.0. The topological polar surface area (TPSA) is 0 Å². The maximum absolute atomic E-state index is 2.91. The monoisotopic (exact) mass is 428 g/mol. The summed E-state index contributed by atoms with van der Waals surface area (Å²) < 4.78 is 0. The first-order valence-electron chi connectivity index (χ1n) is 14.4. The SMILES string of the molecule is CCCC(C)C1CC([Si](C)(C)C2CC(C)C3CCCCC32)C2CC3CCCC3CC12. The van der Waals surface area contributed by atoms with E-state index in [2.05, 4.69) is 33.9 Å². The Kier molecular flexibility index (Phi) is 6.27. The predicted molar refractivity (Wildman–Crippen MR) is 133 cm³/mol. The van der Waals surface area contributed by atoms with Gasteiger partial charge in [0, 0.05) is 0 Å². The number of hydrogen-bond acceptors (Lipinski definition) is 0. The largest absolute Gasteiger partial charge is 0.0689 e. The lowest BCUT2D eigenvalue weighted by atomic mass is 9.67. The molecule has 5 aliphatic carbocycles. The zero-order valence-electron chi connectivity index (χ0n) is 21.0. The molecular formula is C29H52Si.